The molecule has 152 valence electrons. The van der Waals surface area contributed by atoms with Gasteiger partial charge in [-0.1, -0.05) is 41.4 Å². The number of nitrogens with zero attached hydrogens (tertiary/aromatic N) is 1. The zero-order valence-electron chi connectivity index (χ0n) is 16.3. The molecule has 0 aliphatic rings. The molecule has 5 nitrogen and oxygen atoms in total. The number of benzene rings is 3. The van der Waals surface area contributed by atoms with Gasteiger partial charge in [-0.25, -0.2) is 4.98 Å². The fraction of sp³-hybridized carbons (Fsp3) is 0.130. The Morgan fingerprint density at radius 2 is 1.87 bits per heavy atom. The lowest BCUT2D eigenvalue weighted by molar-refractivity contribution is -0.118. The normalized spacial score (nSPS) is 10.9. The third-order valence-corrected chi connectivity index (χ3v) is 5.14. The minimum absolute atomic E-state index is 0.178. The summed E-state index contributed by atoms with van der Waals surface area (Å²) in [6.45, 7) is 3.80. The van der Waals surface area contributed by atoms with Crippen molar-refractivity contribution < 1.29 is 13.9 Å². The first-order chi connectivity index (χ1) is 14.4. The van der Waals surface area contributed by atoms with Crippen LogP contribution in [-0.4, -0.2) is 17.5 Å². The van der Waals surface area contributed by atoms with E-state index in [9.17, 15) is 4.79 Å². The fourth-order valence-corrected chi connectivity index (χ4v) is 3.55. The van der Waals surface area contributed by atoms with Crippen LogP contribution in [0.2, 0.25) is 10.0 Å². The van der Waals surface area contributed by atoms with Crippen LogP contribution >= 0.6 is 23.2 Å². The highest BCUT2D eigenvalue weighted by atomic mass is 35.5. The molecule has 0 saturated heterocycles. The van der Waals surface area contributed by atoms with Crippen LogP contribution in [0.5, 0.6) is 5.75 Å². The summed E-state index contributed by atoms with van der Waals surface area (Å²) in [4.78, 5) is 16.9. The molecular formula is C23H18Cl2N2O3. The van der Waals surface area contributed by atoms with Gasteiger partial charge in [0, 0.05) is 5.69 Å². The number of nitrogens with one attached hydrogen (secondary N) is 1. The van der Waals surface area contributed by atoms with E-state index >= 15 is 0 Å². The Morgan fingerprint density at radius 3 is 2.67 bits per heavy atom. The number of carbonyl (C=O) groups is 1. The number of fused-ring (bicyclic) bond motifs is 1. The Bertz CT molecular complexity index is 1250. The van der Waals surface area contributed by atoms with Gasteiger partial charge in [-0.05, 0) is 61.4 Å². The van der Waals surface area contributed by atoms with Crippen LogP contribution < -0.4 is 10.1 Å². The number of aromatic nitrogens is 1. The maximum Gasteiger partial charge on any atom is 0.262 e. The van der Waals surface area contributed by atoms with Crippen molar-refractivity contribution in [3.05, 3.63) is 75.8 Å². The van der Waals surface area contributed by atoms with Crippen LogP contribution in [0.1, 0.15) is 11.1 Å². The van der Waals surface area contributed by atoms with Crippen molar-refractivity contribution in [2.45, 2.75) is 13.8 Å². The lowest BCUT2D eigenvalue weighted by Gasteiger charge is -2.09. The quantitative estimate of drug-likeness (QED) is 0.387. The summed E-state index contributed by atoms with van der Waals surface area (Å²) >= 11 is 12.4. The van der Waals surface area contributed by atoms with Crippen molar-refractivity contribution in [3.8, 4) is 17.2 Å². The summed E-state index contributed by atoms with van der Waals surface area (Å²) in [5.74, 6) is 0.516. The van der Waals surface area contributed by atoms with Gasteiger partial charge in [0.2, 0.25) is 5.89 Å². The lowest BCUT2D eigenvalue weighted by atomic mass is 10.1. The second-order valence-corrected chi connectivity index (χ2v) is 7.73. The van der Waals surface area contributed by atoms with E-state index < -0.39 is 0 Å². The highest BCUT2D eigenvalue weighted by Crippen LogP contribution is 2.33. The van der Waals surface area contributed by atoms with Gasteiger partial charge in [0.15, 0.2) is 12.2 Å². The number of hydrogen-bond donors (Lipinski definition) is 1. The van der Waals surface area contributed by atoms with E-state index in [-0.39, 0.29) is 12.5 Å². The molecule has 3 aromatic carbocycles. The Hall–Kier alpha value is -3.02. The van der Waals surface area contributed by atoms with E-state index in [1.54, 1.807) is 42.5 Å². The summed E-state index contributed by atoms with van der Waals surface area (Å²) in [5.41, 5.74) is 4.73. The van der Waals surface area contributed by atoms with Gasteiger partial charge in [0.1, 0.15) is 11.3 Å². The lowest BCUT2D eigenvalue weighted by Crippen LogP contribution is -2.20. The predicted octanol–water partition coefficient (Wildman–Crippen LogP) is 6.44. The standard InChI is InChI=1S/C23H18Cl2N2O3/c1-13-9-14(2)22-19(10-13)27-23(30-22)16-11-15(7-8-17(16)24)26-21(28)12-29-20-6-4-3-5-18(20)25/h3-11H,12H2,1-2H3,(H,26,28). The first-order valence-corrected chi connectivity index (χ1v) is 10.0. The van der Waals surface area contributed by atoms with E-state index in [0.717, 1.165) is 16.6 Å². The van der Waals surface area contributed by atoms with Crippen molar-refractivity contribution in [2.75, 3.05) is 11.9 Å². The molecule has 0 spiro atoms. The third kappa shape index (κ3) is 4.27. The van der Waals surface area contributed by atoms with E-state index in [2.05, 4.69) is 10.3 Å². The van der Waals surface area contributed by atoms with Crippen molar-refractivity contribution in [1.82, 2.24) is 4.98 Å². The number of ether oxygens (including phenoxy) is 1. The van der Waals surface area contributed by atoms with Gasteiger partial charge in [-0.2, -0.15) is 0 Å². The minimum atomic E-state index is -0.327. The SMILES string of the molecule is Cc1cc(C)c2oc(-c3cc(NC(=O)COc4ccccc4Cl)ccc3Cl)nc2c1. The molecule has 0 fully saturated rings. The number of halogens is 2. The number of oxazole rings is 1. The smallest absolute Gasteiger partial charge is 0.262 e. The maximum absolute atomic E-state index is 12.3. The number of rotatable bonds is 5. The molecule has 0 unspecified atom stereocenters. The number of amides is 1. The monoisotopic (exact) mass is 440 g/mol. The van der Waals surface area contributed by atoms with Gasteiger partial charge >= 0.3 is 0 Å². The molecule has 1 N–H and O–H groups in total. The number of anilines is 1. The van der Waals surface area contributed by atoms with E-state index in [0.29, 0.717) is 38.5 Å². The molecule has 0 atom stereocenters. The third-order valence-electron chi connectivity index (χ3n) is 4.50. The molecule has 0 bridgehead atoms. The Morgan fingerprint density at radius 1 is 1.07 bits per heavy atom. The number of para-hydroxylation sites is 1. The molecule has 4 rings (SSSR count). The zero-order chi connectivity index (χ0) is 21.3. The van der Waals surface area contributed by atoms with E-state index in [1.165, 1.54) is 0 Å². The van der Waals surface area contributed by atoms with Gasteiger partial charge in [0.25, 0.3) is 5.91 Å². The zero-order valence-corrected chi connectivity index (χ0v) is 17.8. The first kappa shape index (κ1) is 20.3. The summed E-state index contributed by atoms with van der Waals surface area (Å²) in [6, 6.07) is 16.1. The molecule has 0 aliphatic carbocycles. The topological polar surface area (TPSA) is 64.4 Å². The van der Waals surface area contributed by atoms with Crippen LogP contribution in [0.4, 0.5) is 5.69 Å². The second-order valence-electron chi connectivity index (χ2n) is 6.91. The van der Waals surface area contributed by atoms with Crippen molar-refractivity contribution in [2.24, 2.45) is 0 Å². The van der Waals surface area contributed by atoms with Gasteiger partial charge < -0.3 is 14.5 Å². The van der Waals surface area contributed by atoms with E-state index in [4.69, 9.17) is 32.4 Å². The Labute approximate surface area is 183 Å². The Balaban J connectivity index is 1.54. The van der Waals surface area contributed by atoms with Crippen LogP contribution in [0.15, 0.2) is 59.0 Å². The largest absolute Gasteiger partial charge is 0.482 e. The number of carbonyl (C=O) groups excluding carboxylic acids is 1. The highest BCUT2D eigenvalue weighted by Gasteiger charge is 2.15. The van der Waals surface area contributed by atoms with Gasteiger partial charge in [-0.15, -0.1) is 0 Å². The molecule has 1 heterocycles. The van der Waals surface area contributed by atoms with Crippen LogP contribution in [0.3, 0.4) is 0 Å². The highest BCUT2D eigenvalue weighted by molar-refractivity contribution is 6.33. The predicted molar refractivity (Wildman–Crippen MR) is 120 cm³/mol. The average Bonchev–Trinajstić information content (AvgIpc) is 3.13. The fourth-order valence-electron chi connectivity index (χ4n) is 3.16. The number of hydrogen-bond acceptors (Lipinski definition) is 4. The molecule has 1 amide bonds. The summed E-state index contributed by atoms with van der Waals surface area (Å²) in [7, 11) is 0. The van der Waals surface area contributed by atoms with Crippen LogP contribution in [0, 0.1) is 13.8 Å². The minimum Gasteiger partial charge on any atom is -0.482 e. The molecule has 4 aromatic rings. The van der Waals surface area contributed by atoms with Crippen molar-refractivity contribution in [3.63, 3.8) is 0 Å². The average molecular weight is 441 g/mol. The maximum atomic E-state index is 12.3. The first-order valence-electron chi connectivity index (χ1n) is 9.25. The second kappa shape index (κ2) is 8.38. The van der Waals surface area contributed by atoms with Gasteiger partial charge in [-0.3, -0.25) is 4.79 Å². The molecule has 0 saturated carbocycles. The summed E-state index contributed by atoms with van der Waals surface area (Å²) in [6.07, 6.45) is 0. The molecule has 7 heteroatoms. The Kier molecular flexibility index (Phi) is 5.66. The molecule has 0 aliphatic heterocycles. The van der Waals surface area contributed by atoms with Gasteiger partial charge in [0.05, 0.1) is 15.6 Å². The summed E-state index contributed by atoms with van der Waals surface area (Å²) < 4.78 is 11.4. The molecule has 1 aromatic heterocycles. The van der Waals surface area contributed by atoms with Crippen LogP contribution in [0.25, 0.3) is 22.6 Å². The van der Waals surface area contributed by atoms with E-state index in [1.807, 2.05) is 26.0 Å². The molecule has 30 heavy (non-hydrogen) atoms. The molecule has 0 radical (unpaired) electrons. The number of aryl methyl sites for hydroxylation is 2. The van der Waals surface area contributed by atoms with Crippen LogP contribution in [-0.2, 0) is 4.79 Å². The summed E-state index contributed by atoms with van der Waals surface area (Å²) in [5, 5.41) is 3.71. The molecular weight excluding hydrogens is 423 g/mol. The van der Waals surface area contributed by atoms with Crippen molar-refractivity contribution >= 4 is 45.9 Å². The van der Waals surface area contributed by atoms with Crippen molar-refractivity contribution in [1.29, 1.82) is 0 Å².